The fraction of sp³-hybridized carbons (Fsp3) is 0.333. The summed E-state index contributed by atoms with van der Waals surface area (Å²) in [4.78, 5) is 8.61. The van der Waals surface area contributed by atoms with E-state index in [1.807, 2.05) is 6.92 Å². The Morgan fingerprint density at radius 3 is 2.95 bits per heavy atom. The third-order valence-corrected chi connectivity index (χ3v) is 3.60. The number of aryl methyl sites for hydroxylation is 1. The van der Waals surface area contributed by atoms with Crippen molar-refractivity contribution >= 4 is 11.6 Å². The minimum Gasteiger partial charge on any atom is -0.384 e. The highest BCUT2D eigenvalue weighted by Gasteiger charge is 2.24. The van der Waals surface area contributed by atoms with Gasteiger partial charge in [-0.25, -0.2) is 9.97 Å². The van der Waals surface area contributed by atoms with Gasteiger partial charge in [-0.2, -0.15) is 0 Å². The number of anilines is 2. The fourth-order valence-corrected chi connectivity index (χ4v) is 2.54. The van der Waals surface area contributed by atoms with Gasteiger partial charge in [-0.1, -0.05) is 31.2 Å². The second-order valence-electron chi connectivity index (χ2n) is 4.93. The van der Waals surface area contributed by atoms with Gasteiger partial charge in [0.1, 0.15) is 17.5 Å². The number of hydrogen-bond acceptors (Lipinski definition) is 4. The lowest BCUT2D eigenvalue weighted by Crippen LogP contribution is -2.24. The summed E-state index contributed by atoms with van der Waals surface area (Å²) >= 11 is 0. The highest BCUT2D eigenvalue weighted by molar-refractivity contribution is 5.47. The van der Waals surface area contributed by atoms with Crippen LogP contribution in [0.2, 0.25) is 0 Å². The van der Waals surface area contributed by atoms with Crippen LogP contribution in [0, 0.1) is 0 Å². The molecule has 98 valence electrons. The topological polar surface area (TPSA) is 63.8 Å². The van der Waals surface area contributed by atoms with Crippen molar-refractivity contribution < 1.29 is 0 Å². The van der Waals surface area contributed by atoms with Crippen LogP contribution in [-0.2, 0) is 12.8 Å². The summed E-state index contributed by atoms with van der Waals surface area (Å²) in [6.45, 7) is 2.93. The maximum absolute atomic E-state index is 5.77. The summed E-state index contributed by atoms with van der Waals surface area (Å²) in [6.07, 6.45) is 1.94. The van der Waals surface area contributed by atoms with Gasteiger partial charge in [0, 0.05) is 24.9 Å². The van der Waals surface area contributed by atoms with Crippen molar-refractivity contribution in [2.24, 2.45) is 0 Å². The van der Waals surface area contributed by atoms with E-state index in [0.717, 1.165) is 31.0 Å². The largest absolute Gasteiger partial charge is 0.384 e. The molecule has 0 aliphatic heterocycles. The normalized spacial score (nSPS) is 16.6. The Hall–Kier alpha value is -2.10. The van der Waals surface area contributed by atoms with Crippen LogP contribution in [0.4, 0.5) is 11.6 Å². The number of rotatable bonds is 4. The third-order valence-electron chi connectivity index (χ3n) is 3.60. The van der Waals surface area contributed by atoms with Crippen LogP contribution in [0.1, 0.15) is 29.8 Å². The second kappa shape index (κ2) is 4.88. The Labute approximate surface area is 113 Å². The molecular weight excluding hydrogens is 236 g/mol. The lowest BCUT2D eigenvalue weighted by atomic mass is 9.77. The molecular formula is C15H18N4. The highest BCUT2D eigenvalue weighted by atomic mass is 15.0. The molecule has 0 amide bonds. The molecule has 0 radical (unpaired) electrons. The average Bonchev–Trinajstić information content (AvgIpc) is 2.39. The predicted molar refractivity (Wildman–Crippen MR) is 77.2 cm³/mol. The molecule has 4 heteroatoms. The predicted octanol–water partition coefficient (Wildman–Crippen LogP) is 2.37. The first-order chi connectivity index (χ1) is 9.26. The zero-order valence-corrected chi connectivity index (χ0v) is 11.1. The molecule has 0 spiro atoms. The first kappa shape index (κ1) is 12.0. The smallest absolute Gasteiger partial charge is 0.132 e. The van der Waals surface area contributed by atoms with E-state index in [2.05, 4.69) is 39.6 Å². The molecule has 3 N–H and O–H groups in total. The minimum absolute atomic E-state index is 0.531. The molecule has 0 saturated heterocycles. The van der Waals surface area contributed by atoms with Crippen LogP contribution in [0.3, 0.4) is 0 Å². The summed E-state index contributed by atoms with van der Waals surface area (Å²) in [6, 6.07) is 10.4. The number of nitrogens with one attached hydrogen (secondary N) is 1. The van der Waals surface area contributed by atoms with Gasteiger partial charge in [0.05, 0.1) is 0 Å². The molecule has 1 aliphatic carbocycles. The lowest BCUT2D eigenvalue weighted by Gasteiger charge is -2.30. The number of aromatic nitrogens is 2. The van der Waals surface area contributed by atoms with Crippen molar-refractivity contribution in [1.82, 2.24) is 9.97 Å². The van der Waals surface area contributed by atoms with Gasteiger partial charge in [-0.05, 0) is 17.5 Å². The van der Waals surface area contributed by atoms with Crippen LogP contribution < -0.4 is 11.1 Å². The van der Waals surface area contributed by atoms with E-state index in [-0.39, 0.29) is 0 Å². The summed E-state index contributed by atoms with van der Waals surface area (Å²) in [7, 11) is 0. The monoisotopic (exact) mass is 254 g/mol. The molecule has 1 atom stereocenters. The van der Waals surface area contributed by atoms with Gasteiger partial charge >= 0.3 is 0 Å². The van der Waals surface area contributed by atoms with Crippen molar-refractivity contribution in [2.75, 3.05) is 17.6 Å². The average molecular weight is 254 g/mol. The van der Waals surface area contributed by atoms with E-state index < -0.39 is 0 Å². The van der Waals surface area contributed by atoms with Crippen LogP contribution in [0.25, 0.3) is 0 Å². The van der Waals surface area contributed by atoms with Crippen molar-refractivity contribution in [3.8, 4) is 0 Å². The van der Waals surface area contributed by atoms with Crippen LogP contribution in [-0.4, -0.2) is 16.5 Å². The number of nitrogens with zero attached hydrogens (tertiary/aromatic N) is 2. The highest BCUT2D eigenvalue weighted by Crippen LogP contribution is 2.34. The SMILES string of the molecule is CCc1nc(N)cc(NCC2Cc3ccccc32)n1. The Balaban J connectivity index is 1.66. The summed E-state index contributed by atoms with van der Waals surface area (Å²) < 4.78 is 0. The number of nitrogens with two attached hydrogens (primary N) is 1. The quantitative estimate of drug-likeness (QED) is 0.879. The third kappa shape index (κ3) is 2.38. The van der Waals surface area contributed by atoms with E-state index >= 15 is 0 Å². The molecule has 1 heterocycles. The van der Waals surface area contributed by atoms with Gasteiger partial charge in [-0.15, -0.1) is 0 Å². The second-order valence-corrected chi connectivity index (χ2v) is 4.93. The molecule has 1 aromatic heterocycles. The van der Waals surface area contributed by atoms with Crippen molar-refractivity contribution in [1.29, 1.82) is 0 Å². The van der Waals surface area contributed by atoms with Gasteiger partial charge in [0.25, 0.3) is 0 Å². The standard InChI is InChI=1S/C15H18N4/c1-2-14-18-13(16)8-15(19-14)17-9-11-7-10-5-3-4-6-12(10)11/h3-6,8,11H,2,7,9H2,1H3,(H3,16,17,18,19). The molecule has 1 aliphatic rings. The lowest BCUT2D eigenvalue weighted by molar-refractivity contribution is 0.634. The Morgan fingerprint density at radius 1 is 1.32 bits per heavy atom. The van der Waals surface area contributed by atoms with Crippen LogP contribution in [0.5, 0.6) is 0 Å². The Kier molecular flexibility index (Phi) is 3.07. The fourth-order valence-electron chi connectivity index (χ4n) is 2.54. The number of hydrogen-bond donors (Lipinski definition) is 2. The molecule has 2 aromatic rings. The van der Waals surface area contributed by atoms with Gasteiger partial charge in [0.2, 0.25) is 0 Å². The first-order valence-corrected chi connectivity index (χ1v) is 6.71. The van der Waals surface area contributed by atoms with Crippen molar-refractivity contribution in [3.63, 3.8) is 0 Å². The van der Waals surface area contributed by atoms with Crippen LogP contribution >= 0.6 is 0 Å². The first-order valence-electron chi connectivity index (χ1n) is 6.71. The summed E-state index contributed by atoms with van der Waals surface area (Å²) in [5.41, 5.74) is 8.69. The molecule has 1 unspecified atom stereocenters. The number of fused-ring (bicyclic) bond motifs is 1. The maximum atomic E-state index is 5.77. The van der Waals surface area contributed by atoms with Crippen molar-refractivity contribution in [3.05, 3.63) is 47.3 Å². The van der Waals surface area contributed by atoms with Gasteiger partial charge in [-0.3, -0.25) is 0 Å². The maximum Gasteiger partial charge on any atom is 0.132 e. The molecule has 1 aromatic carbocycles. The van der Waals surface area contributed by atoms with Gasteiger partial charge in [0.15, 0.2) is 0 Å². The van der Waals surface area contributed by atoms with Gasteiger partial charge < -0.3 is 11.1 Å². The molecule has 0 saturated carbocycles. The zero-order chi connectivity index (χ0) is 13.2. The van der Waals surface area contributed by atoms with E-state index in [9.17, 15) is 0 Å². The molecule has 19 heavy (non-hydrogen) atoms. The van der Waals surface area contributed by atoms with E-state index in [1.54, 1.807) is 6.07 Å². The van der Waals surface area contributed by atoms with Crippen LogP contribution in [0.15, 0.2) is 30.3 Å². The molecule has 4 nitrogen and oxygen atoms in total. The summed E-state index contributed by atoms with van der Waals surface area (Å²) in [5, 5.41) is 3.37. The Morgan fingerprint density at radius 2 is 2.16 bits per heavy atom. The van der Waals surface area contributed by atoms with Crippen molar-refractivity contribution in [2.45, 2.75) is 25.7 Å². The Bertz CT molecular complexity index is 594. The molecule has 0 bridgehead atoms. The number of nitrogen functional groups attached to an aromatic ring is 1. The number of benzene rings is 1. The zero-order valence-electron chi connectivity index (χ0n) is 11.1. The minimum atomic E-state index is 0.531. The van der Waals surface area contributed by atoms with E-state index in [0.29, 0.717) is 11.7 Å². The summed E-state index contributed by atoms with van der Waals surface area (Å²) in [5.74, 6) is 2.73. The molecule has 0 fully saturated rings. The molecule has 3 rings (SSSR count). The van der Waals surface area contributed by atoms with E-state index in [1.165, 1.54) is 11.1 Å². The van der Waals surface area contributed by atoms with E-state index in [4.69, 9.17) is 5.73 Å².